The molecule has 0 radical (unpaired) electrons. The lowest BCUT2D eigenvalue weighted by molar-refractivity contribution is -0.133. The standard InChI is InChI=1S/C20H34N4OS/c1-14(2)24-19(21-22-20(24)26)17-9-11-23(12-10-17)18(25)13-15(3)16-7-5-4-6-8-16/h14-17H,4-13H2,1-3H3,(H,22,26). The van der Waals surface area contributed by atoms with E-state index in [1.807, 2.05) is 0 Å². The quantitative estimate of drug-likeness (QED) is 0.746. The Bertz CT molecular complexity index is 651. The molecule has 2 aliphatic rings. The van der Waals surface area contributed by atoms with E-state index < -0.39 is 0 Å². The van der Waals surface area contributed by atoms with E-state index in [0.717, 1.165) is 44.1 Å². The molecule has 1 unspecified atom stereocenters. The number of rotatable bonds is 5. The Morgan fingerprint density at radius 1 is 1.15 bits per heavy atom. The Hall–Kier alpha value is -1.17. The van der Waals surface area contributed by atoms with Crippen molar-refractivity contribution >= 4 is 18.1 Å². The number of H-pyrrole nitrogens is 1. The molecule has 1 amide bonds. The van der Waals surface area contributed by atoms with Gasteiger partial charge in [-0.25, -0.2) is 0 Å². The van der Waals surface area contributed by atoms with Crippen molar-refractivity contribution in [3.05, 3.63) is 10.6 Å². The second-order valence-corrected chi connectivity index (χ2v) is 8.97. The van der Waals surface area contributed by atoms with Gasteiger partial charge in [0.15, 0.2) is 4.77 Å². The van der Waals surface area contributed by atoms with Gasteiger partial charge in [0, 0.05) is 31.5 Å². The van der Waals surface area contributed by atoms with E-state index in [1.54, 1.807) is 0 Å². The summed E-state index contributed by atoms with van der Waals surface area (Å²) in [4.78, 5) is 14.8. The minimum absolute atomic E-state index is 0.312. The van der Waals surface area contributed by atoms with Gasteiger partial charge in [0.1, 0.15) is 5.82 Å². The molecule has 26 heavy (non-hydrogen) atoms. The number of aromatic nitrogens is 3. The molecule has 0 bridgehead atoms. The average molecular weight is 379 g/mol. The van der Waals surface area contributed by atoms with Crippen LogP contribution in [0.1, 0.15) is 89.9 Å². The van der Waals surface area contributed by atoms with Crippen molar-refractivity contribution < 1.29 is 4.79 Å². The number of hydrogen-bond acceptors (Lipinski definition) is 3. The lowest BCUT2D eigenvalue weighted by Gasteiger charge is -2.34. The van der Waals surface area contributed by atoms with Gasteiger partial charge >= 0.3 is 0 Å². The Morgan fingerprint density at radius 2 is 1.81 bits per heavy atom. The second kappa shape index (κ2) is 8.68. The van der Waals surface area contributed by atoms with Crippen LogP contribution in [0.3, 0.4) is 0 Å². The number of likely N-dealkylation sites (tertiary alicyclic amines) is 1. The third kappa shape index (κ3) is 4.38. The number of piperidine rings is 1. The van der Waals surface area contributed by atoms with Crippen LogP contribution in [0, 0.1) is 16.6 Å². The monoisotopic (exact) mass is 378 g/mol. The van der Waals surface area contributed by atoms with E-state index in [1.165, 1.54) is 32.1 Å². The highest BCUT2D eigenvalue weighted by Gasteiger charge is 2.29. The molecule has 5 nitrogen and oxygen atoms in total. The molecule has 1 saturated heterocycles. The SMILES string of the molecule is CC(CC(=O)N1CCC(c2n[nH]c(=S)n2C(C)C)CC1)C1CCCCC1. The Labute approximate surface area is 162 Å². The molecule has 6 heteroatoms. The summed E-state index contributed by atoms with van der Waals surface area (Å²) < 4.78 is 2.83. The summed E-state index contributed by atoms with van der Waals surface area (Å²) in [7, 11) is 0. The number of aromatic amines is 1. The van der Waals surface area contributed by atoms with Crippen molar-refractivity contribution in [3.63, 3.8) is 0 Å². The first-order chi connectivity index (χ1) is 12.5. The maximum absolute atomic E-state index is 12.8. The van der Waals surface area contributed by atoms with Gasteiger partial charge in [-0.1, -0.05) is 39.0 Å². The molecule has 2 fully saturated rings. The molecule has 146 valence electrons. The van der Waals surface area contributed by atoms with Crippen molar-refractivity contribution in [1.29, 1.82) is 0 Å². The molecule has 0 aromatic carbocycles. The number of hydrogen-bond donors (Lipinski definition) is 1. The molecule has 1 aromatic heterocycles. The van der Waals surface area contributed by atoms with Gasteiger partial charge in [-0.05, 0) is 50.7 Å². The summed E-state index contributed by atoms with van der Waals surface area (Å²) in [5.74, 6) is 3.09. The molecule has 3 rings (SSSR count). The molecular weight excluding hydrogens is 344 g/mol. The van der Waals surface area contributed by atoms with E-state index in [9.17, 15) is 4.79 Å². The van der Waals surface area contributed by atoms with Crippen LogP contribution >= 0.6 is 12.2 Å². The van der Waals surface area contributed by atoms with Crippen LogP contribution in [-0.2, 0) is 4.79 Å². The minimum Gasteiger partial charge on any atom is -0.343 e. The highest BCUT2D eigenvalue weighted by atomic mass is 32.1. The summed E-state index contributed by atoms with van der Waals surface area (Å²) >= 11 is 5.37. The summed E-state index contributed by atoms with van der Waals surface area (Å²) in [6, 6.07) is 0.312. The largest absolute Gasteiger partial charge is 0.343 e. The predicted octanol–water partition coefficient (Wildman–Crippen LogP) is 4.83. The smallest absolute Gasteiger partial charge is 0.222 e. The third-order valence-electron chi connectivity index (χ3n) is 6.41. The van der Waals surface area contributed by atoms with Crippen LogP contribution in [0.2, 0.25) is 0 Å². The second-order valence-electron chi connectivity index (χ2n) is 8.59. The number of nitrogens with one attached hydrogen (secondary N) is 1. The lowest BCUT2D eigenvalue weighted by atomic mass is 9.79. The maximum Gasteiger partial charge on any atom is 0.222 e. The first-order valence-corrected chi connectivity index (χ1v) is 10.8. The first kappa shape index (κ1) is 19.6. The normalized spacial score (nSPS) is 21.3. The van der Waals surface area contributed by atoms with Crippen LogP contribution in [0.25, 0.3) is 0 Å². The van der Waals surface area contributed by atoms with E-state index in [-0.39, 0.29) is 0 Å². The zero-order valence-corrected chi connectivity index (χ0v) is 17.4. The third-order valence-corrected chi connectivity index (χ3v) is 6.70. The summed E-state index contributed by atoms with van der Waals surface area (Å²) in [5, 5.41) is 7.43. The topological polar surface area (TPSA) is 53.9 Å². The van der Waals surface area contributed by atoms with Crippen LogP contribution in [0.5, 0.6) is 0 Å². The Kier molecular flexibility index (Phi) is 6.54. The zero-order valence-electron chi connectivity index (χ0n) is 16.5. The van der Waals surface area contributed by atoms with Crippen LogP contribution in [-0.4, -0.2) is 38.7 Å². The number of carbonyl (C=O) groups is 1. The molecule has 1 saturated carbocycles. The van der Waals surface area contributed by atoms with Gasteiger partial charge in [-0.15, -0.1) is 0 Å². The molecule has 1 atom stereocenters. The van der Waals surface area contributed by atoms with Gasteiger partial charge in [0.05, 0.1) is 0 Å². The van der Waals surface area contributed by atoms with Gasteiger partial charge in [0.25, 0.3) is 0 Å². The average Bonchev–Trinajstić information content (AvgIpc) is 3.04. The van der Waals surface area contributed by atoms with Crippen LogP contribution in [0.4, 0.5) is 0 Å². The van der Waals surface area contributed by atoms with Crippen LogP contribution < -0.4 is 0 Å². The highest BCUT2D eigenvalue weighted by Crippen LogP contribution is 2.33. The minimum atomic E-state index is 0.312. The van der Waals surface area contributed by atoms with Crippen molar-refractivity contribution in [2.24, 2.45) is 11.8 Å². The summed E-state index contributed by atoms with van der Waals surface area (Å²) in [6.45, 7) is 8.25. The van der Waals surface area contributed by atoms with Crippen molar-refractivity contribution in [2.75, 3.05) is 13.1 Å². The van der Waals surface area contributed by atoms with E-state index in [4.69, 9.17) is 12.2 Å². The van der Waals surface area contributed by atoms with Gasteiger partial charge in [-0.2, -0.15) is 5.10 Å². The molecule has 1 aliphatic carbocycles. The number of carbonyl (C=O) groups excluding carboxylic acids is 1. The Balaban J connectivity index is 1.53. The van der Waals surface area contributed by atoms with Gasteiger partial charge in [0.2, 0.25) is 5.91 Å². The lowest BCUT2D eigenvalue weighted by Crippen LogP contribution is -2.39. The molecule has 1 aliphatic heterocycles. The molecule has 1 aromatic rings. The fourth-order valence-electron chi connectivity index (χ4n) is 4.77. The maximum atomic E-state index is 12.8. The van der Waals surface area contributed by atoms with Crippen molar-refractivity contribution in [3.8, 4) is 0 Å². The molecule has 0 spiro atoms. The van der Waals surface area contributed by atoms with E-state index in [2.05, 4.69) is 40.4 Å². The van der Waals surface area contributed by atoms with Crippen molar-refractivity contribution in [2.45, 2.75) is 84.1 Å². The van der Waals surface area contributed by atoms with Gasteiger partial charge in [-0.3, -0.25) is 9.89 Å². The van der Waals surface area contributed by atoms with Gasteiger partial charge < -0.3 is 9.47 Å². The highest BCUT2D eigenvalue weighted by molar-refractivity contribution is 7.71. The molecule has 1 N–H and O–H groups in total. The molecule has 2 heterocycles. The number of amides is 1. The number of nitrogens with zero attached hydrogens (tertiary/aromatic N) is 3. The fourth-order valence-corrected chi connectivity index (χ4v) is 5.12. The van der Waals surface area contributed by atoms with Crippen LogP contribution in [0.15, 0.2) is 0 Å². The van der Waals surface area contributed by atoms with E-state index >= 15 is 0 Å². The summed E-state index contributed by atoms with van der Waals surface area (Å²) in [5.41, 5.74) is 0. The molecular formula is C20H34N4OS. The van der Waals surface area contributed by atoms with Crippen molar-refractivity contribution in [1.82, 2.24) is 19.7 Å². The predicted molar refractivity (Wildman–Crippen MR) is 107 cm³/mol. The van der Waals surface area contributed by atoms with E-state index in [0.29, 0.717) is 28.6 Å². The fraction of sp³-hybridized carbons (Fsp3) is 0.850. The summed E-state index contributed by atoms with van der Waals surface area (Å²) in [6.07, 6.45) is 9.38. The zero-order chi connectivity index (χ0) is 18.7. The Morgan fingerprint density at radius 3 is 2.42 bits per heavy atom. The first-order valence-electron chi connectivity index (χ1n) is 10.4.